The molecule has 0 aromatic carbocycles. The van der Waals surface area contributed by atoms with Crippen molar-refractivity contribution in [1.29, 1.82) is 0 Å². The van der Waals surface area contributed by atoms with Crippen LogP contribution in [0.5, 0.6) is 0 Å². The van der Waals surface area contributed by atoms with Crippen LogP contribution in [-0.4, -0.2) is 35.5 Å². The van der Waals surface area contributed by atoms with Gasteiger partial charge in [0.25, 0.3) is 0 Å². The van der Waals surface area contributed by atoms with Crippen LogP contribution in [0.25, 0.3) is 0 Å². The lowest BCUT2D eigenvalue weighted by atomic mass is 10.4. The summed E-state index contributed by atoms with van der Waals surface area (Å²) in [6, 6.07) is 0. The van der Waals surface area contributed by atoms with Crippen LogP contribution in [0.4, 0.5) is 0 Å². The van der Waals surface area contributed by atoms with E-state index < -0.39 is 0 Å². The number of aromatic nitrogens is 3. The van der Waals surface area contributed by atoms with E-state index in [0.29, 0.717) is 19.0 Å². The van der Waals surface area contributed by atoms with Crippen molar-refractivity contribution in [3.8, 4) is 0 Å². The van der Waals surface area contributed by atoms with Crippen LogP contribution in [0.3, 0.4) is 0 Å². The maximum atomic E-state index is 5.46. The molecule has 1 unspecified atom stereocenters. The number of rotatable bonds is 6. The van der Waals surface area contributed by atoms with Crippen molar-refractivity contribution < 1.29 is 9.47 Å². The molecule has 1 aromatic rings. The monoisotopic (exact) mass is 199 g/mol. The number of hydrogen-bond donors (Lipinski definition) is 1. The van der Waals surface area contributed by atoms with Gasteiger partial charge >= 0.3 is 0 Å². The van der Waals surface area contributed by atoms with Gasteiger partial charge in [0.1, 0.15) is 11.9 Å². The van der Waals surface area contributed by atoms with Crippen molar-refractivity contribution in [2.45, 2.75) is 26.4 Å². The molecule has 1 heterocycles. The predicted octanol–water partition coefficient (Wildman–Crippen LogP) is 1.09. The Kier molecular flexibility index (Phi) is 4.55. The van der Waals surface area contributed by atoms with E-state index in [1.54, 1.807) is 7.11 Å². The summed E-state index contributed by atoms with van der Waals surface area (Å²) in [5.74, 6) is 1.60. The quantitative estimate of drug-likeness (QED) is 0.697. The fraction of sp³-hybridized carbons (Fsp3) is 0.778. The molecule has 0 aliphatic heterocycles. The lowest BCUT2D eigenvalue weighted by Gasteiger charge is -2.08. The van der Waals surface area contributed by atoms with Gasteiger partial charge in [-0.1, -0.05) is 6.92 Å². The van der Waals surface area contributed by atoms with E-state index in [4.69, 9.17) is 9.47 Å². The third-order valence-electron chi connectivity index (χ3n) is 1.90. The predicted molar refractivity (Wildman–Crippen MR) is 52.0 cm³/mol. The number of hydrogen-bond acceptors (Lipinski definition) is 4. The number of aryl methyl sites for hydroxylation is 1. The first-order valence-corrected chi connectivity index (χ1v) is 4.79. The molecular weight excluding hydrogens is 182 g/mol. The van der Waals surface area contributed by atoms with Crippen LogP contribution in [-0.2, 0) is 15.9 Å². The molecule has 5 heteroatoms. The third kappa shape index (κ3) is 3.08. The summed E-state index contributed by atoms with van der Waals surface area (Å²) in [6.07, 6.45) is 0.777. The average molecular weight is 199 g/mol. The van der Waals surface area contributed by atoms with E-state index in [0.717, 1.165) is 12.2 Å². The summed E-state index contributed by atoms with van der Waals surface area (Å²) in [6.45, 7) is 5.11. The Balaban J connectivity index is 2.39. The molecule has 5 nitrogen and oxygen atoms in total. The Hall–Kier alpha value is -0.940. The number of nitrogens with one attached hydrogen (secondary N) is 1. The highest BCUT2D eigenvalue weighted by Crippen LogP contribution is 2.11. The summed E-state index contributed by atoms with van der Waals surface area (Å²) < 4.78 is 10.3. The summed E-state index contributed by atoms with van der Waals surface area (Å²) >= 11 is 0. The van der Waals surface area contributed by atoms with Crippen molar-refractivity contribution in [2.24, 2.45) is 0 Å². The molecule has 1 rings (SSSR count). The van der Waals surface area contributed by atoms with Gasteiger partial charge in [-0.25, -0.2) is 4.98 Å². The molecule has 0 spiro atoms. The van der Waals surface area contributed by atoms with Gasteiger partial charge in [0.2, 0.25) is 0 Å². The highest BCUT2D eigenvalue weighted by Gasteiger charge is 2.10. The van der Waals surface area contributed by atoms with Crippen LogP contribution in [0, 0.1) is 0 Å². The van der Waals surface area contributed by atoms with Crippen molar-refractivity contribution >= 4 is 0 Å². The second kappa shape index (κ2) is 5.72. The fourth-order valence-corrected chi connectivity index (χ4v) is 1.03. The Morgan fingerprint density at radius 3 is 2.79 bits per heavy atom. The molecular formula is C9H17N3O2. The van der Waals surface area contributed by atoms with Gasteiger partial charge < -0.3 is 9.47 Å². The van der Waals surface area contributed by atoms with Crippen LogP contribution in [0.1, 0.15) is 31.6 Å². The van der Waals surface area contributed by atoms with Gasteiger partial charge in [0.05, 0.1) is 13.2 Å². The SMILES string of the molecule is CCc1nc(C(C)OCCOC)n[nH]1. The minimum atomic E-state index is -0.0818. The molecule has 0 aliphatic carbocycles. The Morgan fingerprint density at radius 2 is 2.21 bits per heavy atom. The zero-order valence-corrected chi connectivity index (χ0v) is 8.91. The van der Waals surface area contributed by atoms with E-state index >= 15 is 0 Å². The zero-order chi connectivity index (χ0) is 10.4. The number of aromatic amines is 1. The lowest BCUT2D eigenvalue weighted by molar-refractivity contribution is 0.0216. The molecule has 1 N–H and O–H groups in total. The van der Waals surface area contributed by atoms with Crippen molar-refractivity contribution in [3.05, 3.63) is 11.6 Å². The van der Waals surface area contributed by atoms with Crippen molar-refractivity contribution in [3.63, 3.8) is 0 Å². The van der Waals surface area contributed by atoms with Crippen molar-refractivity contribution in [1.82, 2.24) is 15.2 Å². The van der Waals surface area contributed by atoms with E-state index in [9.17, 15) is 0 Å². The first-order valence-electron chi connectivity index (χ1n) is 4.79. The first kappa shape index (κ1) is 11.1. The van der Waals surface area contributed by atoms with Gasteiger partial charge in [-0.15, -0.1) is 0 Å². The Bertz CT molecular complexity index is 262. The molecule has 0 radical (unpaired) electrons. The fourth-order valence-electron chi connectivity index (χ4n) is 1.03. The Labute approximate surface area is 83.8 Å². The van der Waals surface area contributed by atoms with Gasteiger partial charge in [0.15, 0.2) is 5.82 Å². The second-order valence-electron chi connectivity index (χ2n) is 3.00. The number of methoxy groups -OCH3 is 1. The average Bonchev–Trinajstić information content (AvgIpc) is 2.66. The molecule has 0 saturated carbocycles. The van der Waals surface area contributed by atoms with Crippen LogP contribution in [0.15, 0.2) is 0 Å². The van der Waals surface area contributed by atoms with E-state index in [1.165, 1.54) is 0 Å². The number of nitrogens with zero attached hydrogens (tertiary/aromatic N) is 2. The van der Waals surface area contributed by atoms with Crippen molar-refractivity contribution in [2.75, 3.05) is 20.3 Å². The smallest absolute Gasteiger partial charge is 0.179 e. The molecule has 0 fully saturated rings. The maximum absolute atomic E-state index is 5.46. The highest BCUT2D eigenvalue weighted by atomic mass is 16.5. The first-order chi connectivity index (χ1) is 6.77. The second-order valence-corrected chi connectivity index (χ2v) is 3.00. The molecule has 1 atom stereocenters. The third-order valence-corrected chi connectivity index (χ3v) is 1.90. The van der Waals surface area contributed by atoms with Gasteiger partial charge in [-0.05, 0) is 6.92 Å². The topological polar surface area (TPSA) is 60.0 Å². The minimum Gasteiger partial charge on any atom is -0.382 e. The minimum absolute atomic E-state index is 0.0818. The lowest BCUT2D eigenvalue weighted by Crippen LogP contribution is -2.07. The van der Waals surface area contributed by atoms with Crippen LogP contribution >= 0.6 is 0 Å². The molecule has 0 saturated heterocycles. The standard InChI is InChI=1S/C9H17N3O2/c1-4-8-10-9(12-11-8)7(2)14-6-5-13-3/h7H,4-6H2,1-3H3,(H,10,11,12). The van der Waals surface area contributed by atoms with E-state index in [2.05, 4.69) is 15.2 Å². The zero-order valence-electron chi connectivity index (χ0n) is 8.91. The summed E-state index contributed by atoms with van der Waals surface area (Å²) in [5.41, 5.74) is 0. The summed E-state index contributed by atoms with van der Waals surface area (Å²) in [4.78, 5) is 4.27. The van der Waals surface area contributed by atoms with E-state index in [1.807, 2.05) is 13.8 Å². The molecule has 0 bridgehead atoms. The van der Waals surface area contributed by atoms with Crippen LogP contribution < -0.4 is 0 Å². The molecule has 1 aromatic heterocycles. The van der Waals surface area contributed by atoms with E-state index in [-0.39, 0.29) is 6.10 Å². The maximum Gasteiger partial charge on any atom is 0.179 e. The summed E-state index contributed by atoms with van der Waals surface area (Å²) in [7, 11) is 1.65. The molecule has 80 valence electrons. The normalized spacial score (nSPS) is 13.1. The molecule has 14 heavy (non-hydrogen) atoms. The number of ether oxygens (including phenoxy) is 2. The largest absolute Gasteiger partial charge is 0.382 e. The van der Waals surface area contributed by atoms with Gasteiger partial charge in [0, 0.05) is 13.5 Å². The summed E-state index contributed by atoms with van der Waals surface area (Å²) in [5, 5.41) is 6.92. The highest BCUT2D eigenvalue weighted by molar-refractivity contribution is 4.92. The number of H-pyrrole nitrogens is 1. The van der Waals surface area contributed by atoms with Crippen LogP contribution in [0.2, 0.25) is 0 Å². The van der Waals surface area contributed by atoms with Gasteiger partial charge in [-0.2, -0.15) is 5.10 Å². The van der Waals surface area contributed by atoms with Gasteiger partial charge in [-0.3, -0.25) is 5.10 Å². The molecule has 0 amide bonds. The molecule has 0 aliphatic rings. The Morgan fingerprint density at radius 1 is 1.43 bits per heavy atom.